The molecule has 27 heavy (non-hydrogen) atoms. The summed E-state index contributed by atoms with van der Waals surface area (Å²) in [6, 6.07) is 18.5. The third kappa shape index (κ3) is 5.92. The van der Waals surface area contributed by atoms with Gasteiger partial charge in [0.05, 0.1) is 5.56 Å². The molecule has 0 bridgehead atoms. The Morgan fingerprint density at radius 2 is 1.63 bits per heavy atom. The number of nitrogens with zero attached hydrogens (tertiary/aromatic N) is 2. The number of carbonyl (C=O) groups is 1. The monoisotopic (exact) mass is 360 g/mol. The minimum absolute atomic E-state index is 0.145. The Kier molecular flexibility index (Phi) is 6.52. The zero-order valence-corrected chi connectivity index (χ0v) is 15.5. The number of hydrogen-bond donors (Lipinski definition) is 2. The van der Waals surface area contributed by atoms with Gasteiger partial charge in [-0.05, 0) is 30.9 Å². The first-order valence-electron chi connectivity index (χ1n) is 9.14. The van der Waals surface area contributed by atoms with E-state index in [9.17, 15) is 4.79 Å². The van der Waals surface area contributed by atoms with Crippen molar-refractivity contribution in [2.45, 2.75) is 26.3 Å². The Bertz CT molecular complexity index is 846. The summed E-state index contributed by atoms with van der Waals surface area (Å²) in [6.45, 7) is 3.33. The van der Waals surface area contributed by atoms with E-state index in [0.717, 1.165) is 18.4 Å². The molecule has 0 saturated heterocycles. The normalized spacial score (nSPS) is 10.4. The van der Waals surface area contributed by atoms with Crippen LogP contribution in [0.1, 0.15) is 33.5 Å². The van der Waals surface area contributed by atoms with Gasteiger partial charge in [-0.15, -0.1) is 0 Å². The third-order valence-electron chi connectivity index (χ3n) is 4.26. The molecule has 0 radical (unpaired) electrons. The van der Waals surface area contributed by atoms with Crippen molar-refractivity contribution in [3.63, 3.8) is 0 Å². The Morgan fingerprint density at radius 3 is 2.33 bits per heavy atom. The molecule has 3 rings (SSSR count). The van der Waals surface area contributed by atoms with Gasteiger partial charge < -0.3 is 10.6 Å². The topological polar surface area (TPSA) is 66.9 Å². The molecule has 2 N–H and O–H groups in total. The van der Waals surface area contributed by atoms with Crippen molar-refractivity contribution in [3.05, 3.63) is 89.2 Å². The number of aromatic nitrogens is 2. The highest BCUT2D eigenvalue weighted by molar-refractivity contribution is 5.93. The van der Waals surface area contributed by atoms with Crippen molar-refractivity contribution < 1.29 is 4.79 Å². The van der Waals surface area contributed by atoms with E-state index in [-0.39, 0.29) is 5.91 Å². The largest absolute Gasteiger partial charge is 0.352 e. The van der Waals surface area contributed by atoms with Crippen LogP contribution in [-0.4, -0.2) is 22.4 Å². The van der Waals surface area contributed by atoms with Crippen LogP contribution >= 0.6 is 0 Å². The first kappa shape index (κ1) is 18.6. The number of anilines is 1. The van der Waals surface area contributed by atoms with Gasteiger partial charge in [0.1, 0.15) is 0 Å². The molecule has 5 heteroatoms. The Morgan fingerprint density at radius 1 is 0.926 bits per heavy atom. The van der Waals surface area contributed by atoms with Crippen LogP contribution < -0.4 is 10.6 Å². The average molecular weight is 360 g/mol. The molecule has 0 fully saturated rings. The summed E-state index contributed by atoms with van der Waals surface area (Å²) in [6.07, 6.45) is 4.94. The van der Waals surface area contributed by atoms with Crippen LogP contribution in [0.3, 0.4) is 0 Å². The minimum Gasteiger partial charge on any atom is -0.352 e. The zero-order valence-electron chi connectivity index (χ0n) is 15.5. The first-order valence-corrected chi connectivity index (χ1v) is 9.14. The Hall–Kier alpha value is -3.21. The highest BCUT2D eigenvalue weighted by atomic mass is 16.1. The molecule has 0 saturated carbocycles. The summed E-state index contributed by atoms with van der Waals surface area (Å²) in [5.41, 5.74) is 4.13. The van der Waals surface area contributed by atoms with Crippen molar-refractivity contribution in [2.75, 3.05) is 11.9 Å². The maximum absolute atomic E-state index is 12.2. The molecule has 0 unspecified atom stereocenters. The lowest BCUT2D eigenvalue weighted by Crippen LogP contribution is -2.25. The van der Waals surface area contributed by atoms with Crippen LogP contribution in [0.4, 0.5) is 5.95 Å². The summed E-state index contributed by atoms with van der Waals surface area (Å²) in [5.74, 6) is 0.365. The minimum atomic E-state index is -0.145. The number of hydrogen-bond acceptors (Lipinski definition) is 4. The molecular formula is C22H24N4O. The lowest BCUT2D eigenvalue weighted by Gasteiger charge is -2.07. The van der Waals surface area contributed by atoms with Gasteiger partial charge in [0.15, 0.2) is 0 Å². The van der Waals surface area contributed by atoms with E-state index in [0.29, 0.717) is 24.6 Å². The van der Waals surface area contributed by atoms with Gasteiger partial charge in [-0.25, -0.2) is 9.97 Å². The fourth-order valence-corrected chi connectivity index (χ4v) is 2.66. The zero-order chi connectivity index (χ0) is 18.9. The highest BCUT2D eigenvalue weighted by Crippen LogP contribution is 2.07. The Balaban J connectivity index is 1.42. The van der Waals surface area contributed by atoms with Crippen LogP contribution in [0.25, 0.3) is 0 Å². The standard InChI is InChI=1S/C22H24N4O/c1-17-9-11-19(12-10-17)14-24-22-25-15-20(16-26-22)21(27)23-13-5-8-18-6-3-2-4-7-18/h2-4,6-7,9-12,15-16H,5,8,13-14H2,1H3,(H,23,27)(H,24,25,26). The Labute approximate surface area is 159 Å². The van der Waals surface area contributed by atoms with Gasteiger partial charge >= 0.3 is 0 Å². The van der Waals surface area contributed by atoms with E-state index >= 15 is 0 Å². The molecule has 0 aliphatic heterocycles. The van der Waals surface area contributed by atoms with E-state index in [2.05, 4.69) is 63.9 Å². The smallest absolute Gasteiger partial charge is 0.254 e. The summed E-state index contributed by atoms with van der Waals surface area (Å²) < 4.78 is 0. The molecule has 138 valence electrons. The quantitative estimate of drug-likeness (QED) is 0.600. The summed E-state index contributed by atoms with van der Waals surface area (Å²) in [4.78, 5) is 20.6. The number of carbonyl (C=O) groups excluding carboxylic acids is 1. The first-order chi connectivity index (χ1) is 13.2. The summed E-state index contributed by atoms with van der Waals surface area (Å²) in [5, 5.41) is 6.08. The van der Waals surface area contributed by atoms with E-state index < -0.39 is 0 Å². The summed E-state index contributed by atoms with van der Waals surface area (Å²) in [7, 11) is 0. The van der Waals surface area contributed by atoms with Gasteiger partial charge in [0, 0.05) is 25.5 Å². The highest BCUT2D eigenvalue weighted by Gasteiger charge is 2.06. The van der Waals surface area contributed by atoms with Gasteiger partial charge in [-0.2, -0.15) is 0 Å². The SMILES string of the molecule is Cc1ccc(CNc2ncc(C(=O)NCCCc3ccccc3)cn2)cc1. The number of benzene rings is 2. The van der Waals surface area contributed by atoms with Crippen molar-refractivity contribution in [1.29, 1.82) is 0 Å². The molecule has 2 aromatic carbocycles. The van der Waals surface area contributed by atoms with Gasteiger partial charge in [-0.1, -0.05) is 60.2 Å². The molecular weight excluding hydrogens is 336 g/mol. The van der Waals surface area contributed by atoms with Crippen LogP contribution in [0.5, 0.6) is 0 Å². The predicted molar refractivity (Wildman–Crippen MR) is 108 cm³/mol. The number of nitrogens with one attached hydrogen (secondary N) is 2. The van der Waals surface area contributed by atoms with Crippen LogP contribution in [0, 0.1) is 6.92 Å². The molecule has 0 atom stereocenters. The second-order valence-corrected chi connectivity index (χ2v) is 6.48. The van der Waals surface area contributed by atoms with Gasteiger partial charge in [0.2, 0.25) is 5.95 Å². The van der Waals surface area contributed by atoms with E-state index in [4.69, 9.17) is 0 Å². The van der Waals surface area contributed by atoms with Crippen LogP contribution in [0.15, 0.2) is 67.0 Å². The lowest BCUT2D eigenvalue weighted by atomic mass is 10.1. The molecule has 1 amide bonds. The predicted octanol–water partition coefficient (Wildman–Crippen LogP) is 3.76. The average Bonchev–Trinajstić information content (AvgIpc) is 2.72. The number of amides is 1. The van der Waals surface area contributed by atoms with E-state index in [1.807, 2.05) is 18.2 Å². The third-order valence-corrected chi connectivity index (χ3v) is 4.26. The maximum atomic E-state index is 12.2. The number of rotatable bonds is 8. The maximum Gasteiger partial charge on any atom is 0.254 e. The van der Waals surface area contributed by atoms with Crippen LogP contribution in [-0.2, 0) is 13.0 Å². The molecule has 0 spiro atoms. The van der Waals surface area contributed by atoms with Crippen molar-refractivity contribution in [2.24, 2.45) is 0 Å². The van der Waals surface area contributed by atoms with E-state index in [1.165, 1.54) is 11.1 Å². The van der Waals surface area contributed by atoms with E-state index in [1.54, 1.807) is 12.4 Å². The van der Waals surface area contributed by atoms with Crippen LogP contribution in [0.2, 0.25) is 0 Å². The van der Waals surface area contributed by atoms with Crippen molar-refractivity contribution in [1.82, 2.24) is 15.3 Å². The van der Waals surface area contributed by atoms with Gasteiger partial charge in [-0.3, -0.25) is 4.79 Å². The molecule has 0 aliphatic rings. The second-order valence-electron chi connectivity index (χ2n) is 6.48. The molecule has 0 aliphatic carbocycles. The fourth-order valence-electron chi connectivity index (χ4n) is 2.66. The molecule has 5 nitrogen and oxygen atoms in total. The lowest BCUT2D eigenvalue weighted by molar-refractivity contribution is 0.0952. The van der Waals surface area contributed by atoms with Crippen molar-refractivity contribution in [3.8, 4) is 0 Å². The van der Waals surface area contributed by atoms with Crippen molar-refractivity contribution >= 4 is 11.9 Å². The fraction of sp³-hybridized carbons (Fsp3) is 0.227. The van der Waals surface area contributed by atoms with Gasteiger partial charge in [0.25, 0.3) is 5.91 Å². The number of aryl methyl sites for hydroxylation is 2. The molecule has 1 heterocycles. The second kappa shape index (κ2) is 9.48. The molecule has 1 aromatic heterocycles. The summed E-state index contributed by atoms with van der Waals surface area (Å²) >= 11 is 0. The molecule has 3 aromatic rings.